The Morgan fingerprint density at radius 2 is 1.93 bits per heavy atom. The minimum atomic E-state index is -3.98. The number of aryl methyl sites for hydroxylation is 1. The Bertz CT molecular complexity index is 895. The molecule has 2 aromatic carbocycles. The van der Waals surface area contributed by atoms with E-state index in [-0.39, 0.29) is 23.6 Å². The van der Waals surface area contributed by atoms with Gasteiger partial charge in [0.25, 0.3) is 0 Å². The number of sulfonamides is 1. The molecule has 27 heavy (non-hydrogen) atoms. The highest BCUT2D eigenvalue weighted by Crippen LogP contribution is 2.25. The molecule has 0 spiro atoms. The summed E-state index contributed by atoms with van der Waals surface area (Å²) >= 11 is 0. The molecule has 144 valence electrons. The van der Waals surface area contributed by atoms with Crippen molar-refractivity contribution in [1.82, 2.24) is 10.0 Å². The maximum absolute atomic E-state index is 13.0. The molecular formula is C20H24N2O4S. The highest BCUT2D eigenvalue weighted by Gasteiger charge is 2.28. The van der Waals surface area contributed by atoms with E-state index >= 15 is 0 Å². The second-order valence-corrected chi connectivity index (χ2v) is 7.73. The maximum Gasteiger partial charge on any atom is 0.244 e. The minimum absolute atomic E-state index is 0.000387. The van der Waals surface area contributed by atoms with Gasteiger partial charge in [-0.05, 0) is 36.6 Å². The van der Waals surface area contributed by atoms with Crippen LogP contribution in [0.5, 0.6) is 5.75 Å². The van der Waals surface area contributed by atoms with Crippen molar-refractivity contribution in [3.05, 3.63) is 72.3 Å². The van der Waals surface area contributed by atoms with E-state index in [2.05, 4.69) is 16.6 Å². The van der Waals surface area contributed by atoms with Crippen LogP contribution in [-0.4, -0.2) is 34.0 Å². The van der Waals surface area contributed by atoms with Crippen molar-refractivity contribution in [2.24, 2.45) is 0 Å². The van der Waals surface area contributed by atoms with Gasteiger partial charge in [0, 0.05) is 6.54 Å². The number of carbonyl (C=O) groups excluding carboxylic acids is 1. The van der Waals surface area contributed by atoms with Crippen LogP contribution in [0.25, 0.3) is 0 Å². The average molecular weight is 388 g/mol. The second kappa shape index (κ2) is 9.34. The molecule has 1 atom stereocenters. The van der Waals surface area contributed by atoms with Crippen molar-refractivity contribution >= 4 is 15.9 Å². The zero-order valence-electron chi connectivity index (χ0n) is 15.4. The largest absolute Gasteiger partial charge is 0.495 e. The number of ether oxygens (including phenoxy) is 1. The van der Waals surface area contributed by atoms with Crippen molar-refractivity contribution in [3.8, 4) is 5.75 Å². The summed E-state index contributed by atoms with van der Waals surface area (Å²) in [4.78, 5) is 12.5. The van der Waals surface area contributed by atoms with Crippen molar-refractivity contribution in [2.45, 2.75) is 24.3 Å². The molecule has 6 nitrogen and oxygen atoms in total. The lowest BCUT2D eigenvalue weighted by Crippen LogP contribution is -2.48. The first kappa shape index (κ1) is 20.7. The predicted octanol–water partition coefficient (Wildman–Crippen LogP) is 2.20. The molecule has 2 N–H and O–H groups in total. The highest BCUT2D eigenvalue weighted by atomic mass is 32.2. The normalized spacial score (nSPS) is 12.2. The Kier molecular flexibility index (Phi) is 7.15. The first-order valence-corrected chi connectivity index (χ1v) is 9.95. The van der Waals surface area contributed by atoms with Gasteiger partial charge in [-0.15, -0.1) is 6.58 Å². The fourth-order valence-corrected chi connectivity index (χ4v) is 4.03. The molecule has 0 aliphatic carbocycles. The lowest BCUT2D eigenvalue weighted by Gasteiger charge is -2.19. The number of carbonyl (C=O) groups is 1. The fraction of sp³-hybridized carbons (Fsp3) is 0.250. The summed E-state index contributed by atoms with van der Waals surface area (Å²) in [7, 11) is -2.57. The molecule has 0 heterocycles. The van der Waals surface area contributed by atoms with Crippen LogP contribution in [0.4, 0.5) is 0 Å². The molecule has 1 unspecified atom stereocenters. The second-order valence-electron chi connectivity index (χ2n) is 6.05. The Labute approximate surface area is 160 Å². The number of benzene rings is 2. The smallest absolute Gasteiger partial charge is 0.244 e. The van der Waals surface area contributed by atoms with Crippen LogP contribution in [0, 0.1) is 6.92 Å². The van der Waals surface area contributed by atoms with Crippen LogP contribution in [-0.2, 0) is 21.2 Å². The molecule has 1 amide bonds. The van der Waals surface area contributed by atoms with Gasteiger partial charge >= 0.3 is 0 Å². The third-order valence-electron chi connectivity index (χ3n) is 3.93. The molecule has 0 saturated heterocycles. The van der Waals surface area contributed by atoms with Gasteiger partial charge < -0.3 is 10.1 Å². The first-order chi connectivity index (χ1) is 12.9. The van der Waals surface area contributed by atoms with E-state index in [0.717, 1.165) is 11.1 Å². The van der Waals surface area contributed by atoms with Crippen LogP contribution >= 0.6 is 0 Å². The number of rotatable bonds is 9. The molecule has 7 heteroatoms. The van der Waals surface area contributed by atoms with E-state index in [9.17, 15) is 13.2 Å². The number of hydrogen-bond donors (Lipinski definition) is 2. The van der Waals surface area contributed by atoms with Gasteiger partial charge in [0.1, 0.15) is 16.7 Å². The van der Waals surface area contributed by atoms with Gasteiger partial charge in [0.15, 0.2) is 0 Å². The standard InChI is InChI=1S/C20H24N2O4S/c1-4-12-21-20(23)17(14-16-8-6-5-7-9-16)22-27(24,25)19-13-15(2)10-11-18(19)26-3/h4-11,13,17,22H,1,12,14H2,2-3H3,(H,21,23). The van der Waals surface area contributed by atoms with Crippen LogP contribution in [0.15, 0.2) is 66.1 Å². The molecule has 0 bridgehead atoms. The van der Waals surface area contributed by atoms with E-state index in [4.69, 9.17) is 4.74 Å². The van der Waals surface area contributed by atoms with Gasteiger partial charge in [-0.1, -0.05) is 42.5 Å². The van der Waals surface area contributed by atoms with Gasteiger partial charge in [0.05, 0.1) is 7.11 Å². The van der Waals surface area contributed by atoms with Crippen LogP contribution in [0.1, 0.15) is 11.1 Å². The molecule has 0 saturated carbocycles. The van der Waals surface area contributed by atoms with Crippen molar-refractivity contribution in [1.29, 1.82) is 0 Å². The lowest BCUT2D eigenvalue weighted by atomic mass is 10.1. The van der Waals surface area contributed by atoms with E-state index in [1.54, 1.807) is 19.1 Å². The summed E-state index contributed by atoms with van der Waals surface area (Å²) in [5, 5.41) is 2.65. The van der Waals surface area contributed by atoms with Gasteiger partial charge in [-0.3, -0.25) is 4.79 Å². The Morgan fingerprint density at radius 1 is 1.22 bits per heavy atom. The minimum Gasteiger partial charge on any atom is -0.495 e. The zero-order valence-corrected chi connectivity index (χ0v) is 16.3. The molecule has 0 radical (unpaired) electrons. The Morgan fingerprint density at radius 3 is 2.56 bits per heavy atom. The molecule has 0 aromatic heterocycles. The summed E-state index contributed by atoms with van der Waals surface area (Å²) in [6.45, 7) is 5.60. The summed E-state index contributed by atoms with van der Waals surface area (Å²) in [5.74, 6) is -0.202. The predicted molar refractivity (Wildman–Crippen MR) is 105 cm³/mol. The average Bonchev–Trinajstić information content (AvgIpc) is 2.66. The number of amides is 1. The Balaban J connectivity index is 2.34. The van der Waals surface area contributed by atoms with Crippen molar-refractivity contribution in [3.63, 3.8) is 0 Å². The lowest BCUT2D eigenvalue weighted by molar-refractivity contribution is -0.122. The maximum atomic E-state index is 13.0. The molecule has 2 aromatic rings. The SMILES string of the molecule is C=CCNC(=O)C(Cc1ccccc1)NS(=O)(=O)c1cc(C)ccc1OC. The van der Waals surface area contributed by atoms with Gasteiger partial charge in [0.2, 0.25) is 15.9 Å². The van der Waals surface area contributed by atoms with E-state index < -0.39 is 22.0 Å². The summed E-state index contributed by atoms with van der Waals surface area (Å²) in [6.07, 6.45) is 1.76. The quantitative estimate of drug-likeness (QED) is 0.645. The number of hydrogen-bond acceptors (Lipinski definition) is 4. The first-order valence-electron chi connectivity index (χ1n) is 8.47. The number of nitrogens with one attached hydrogen (secondary N) is 2. The summed E-state index contributed by atoms with van der Waals surface area (Å²) in [6, 6.07) is 13.1. The summed E-state index contributed by atoms with van der Waals surface area (Å²) < 4.78 is 33.6. The van der Waals surface area contributed by atoms with Gasteiger partial charge in [-0.2, -0.15) is 4.72 Å². The molecule has 0 fully saturated rings. The van der Waals surface area contributed by atoms with Gasteiger partial charge in [-0.25, -0.2) is 8.42 Å². The summed E-state index contributed by atoms with van der Waals surface area (Å²) in [5.41, 5.74) is 1.61. The topological polar surface area (TPSA) is 84.5 Å². The zero-order chi connectivity index (χ0) is 19.9. The van der Waals surface area contributed by atoms with Crippen LogP contribution < -0.4 is 14.8 Å². The fourth-order valence-electron chi connectivity index (χ4n) is 2.58. The van der Waals surface area contributed by atoms with E-state index in [1.165, 1.54) is 19.3 Å². The third-order valence-corrected chi connectivity index (χ3v) is 5.42. The monoisotopic (exact) mass is 388 g/mol. The van der Waals surface area contributed by atoms with Crippen molar-refractivity contribution in [2.75, 3.05) is 13.7 Å². The van der Waals surface area contributed by atoms with Crippen molar-refractivity contribution < 1.29 is 17.9 Å². The highest BCUT2D eigenvalue weighted by molar-refractivity contribution is 7.89. The molecule has 2 rings (SSSR count). The number of methoxy groups -OCH3 is 1. The molecule has 0 aliphatic heterocycles. The molecular weight excluding hydrogens is 364 g/mol. The van der Waals surface area contributed by atoms with E-state index in [0.29, 0.717) is 0 Å². The van der Waals surface area contributed by atoms with Crippen LogP contribution in [0.3, 0.4) is 0 Å². The van der Waals surface area contributed by atoms with E-state index in [1.807, 2.05) is 30.3 Å². The van der Waals surface area contributed by atoms with Crippen LogP contribution in [0.2, 0.25) is 0 Å². The third kappa shape index (κ3) is 5.67. The molecule has 0 aliphatic rings. The Hall–Kier alpha value is -2.64.